The van der Waals surface area contributed by atoms with E-state index in [-0.39, 0.29) is 11.9 Å². The van der Waals surface area contributed by atoms with E-state index in [1.165, 1.54) is 0 Å². The lowest BCUT2D eigenvalue weighted by Gasteiger charge is -2.34. The zero-order chi connectivity index (χ0) is 16.7. The van der Waals surface area contributed by atoms with Crippen molar-refractivity contribution in [1.82, 2.24) is 15.5 Å². The van der Waals surface area contributed by atoms with Crippen molar-refractivity contribution in [2.75, 3.05) is 33.4 Å². The minimum absolute atomic E-state index is 0.00393. The third-order valence-electron chi connectivity index (χ3n) is 4.01. The molecule has 1 aromatic carbocycles. The highest BCUT2D eigenvalue weighted by molar-refractivity contribution is 7.80. The Morgan fingerprint density at radius 3 is 2.57 bits per heavy atom. The Bertz CT molecular complexity index is 525. The van der Waals surface area contributed by atoms with E-state index in [2.05, 4.69) is 15.5 Å². The Kier molecular flexibility index (Phi) is 6.80. The number of carbonyl (C=O) groups is 1. The Morgan fingerprint density at radius 2 is 1.96 bits per heavy atom. The number of nitrogens with zero attached hydrogens (tertiary/aromatic N) is 1. The summed E-state index contributed by atoms with van der Waals surface area (Å²) in [5, 5.41) is 7.07. The van der Waals surface area contributed by atoms with Crippen LogP contribution in [-0.4, -0.2) is 55.3 Å². The molecular formula is C17H25N3O2S. The van der Waals surface area contributed by atoms with Gasteiger partial charge in [0.05, 0.1) is 6.61 Å². The van der Waals surface area contributed by atoms with Crippen LogP contribution >= 0.6 is 12.2 Å². The van der Waals surface area contributed by atoms with Gasteiger partial charge in [0.1, 0.15) is 0 Å². The number of piperidine rings is 1. The van der Waals surface area contributed by atoms with E-state index in [0.29, 0.717) is 6.61 Å². The van der Waals surface area contributed by atoms with Crippen LogP contribution < -0.4 is 10.6 Å². The highest BCUT2D eigenvalue weighted by Gasteiger charge is 2.22. The summed E-state index contributed by atoms with van der Waals surface area (Å²) in [5.74, 6) is 0.00393. The van der Waals surface area contributed by atoms with E-state index >= 15 is 0 Å². The van der Waals surface area contributed by atoms with Crippen molar-refractivity contribution < 1.29 is 9.53 Å². The van der Waals surface area contributed by atoms with Crippen LogP contribution in [0.5, 0.6) is 0 Å². The van der Waals surface area contributed by atoms with E-state index < -0.39 is 0 Å². The SMILES string of the molecule is COCCNC(=S)N1CCC(NC(=O)c2ccc(C)cc2)CC1. The predicted octanol–water partition coefficient (Wildman–Crippen LogP) is 1.71. The second-order valence-corrected chi connectivity index (χ2v) is 6.21. The summed E-state index contributed by atoms with van der Waals surface area (Å²) in [7, 11) is 1.67. The van der Waals surface area contributed by atoms with Gasteiger partial charge in [-0.15, -0.1) is 0 Å². The van der Waals surface area contributed by atoms with Crippen LogP contribution in [0.15, 0.2) is 24.3 Å². The van der Waals surface area contributed by atoms with Gasteiger partial charge in [0.2, 0.25) is 0 Å². The second kappa shape index (κ2) is 8.84. The van der Waals surface area contributed by atoms with Crippen LogP contribution in [0.25, 0.3) is 0 Å². The minimum Gasteiger partial charge on any atom is -0.383 e. The maximum absolute atomic E-state index is 12.2. The Labute approximate surface area is 143 Å². The molecule has 1 fully saturated rings. The van der Waals surface area contributed by atoms with Crippen molar-refractivity contribution in [1.29, 1.82) is 0 Å². The van der Waals surface area contributed by atoms with Gasteiger partial charge >= 0.3 is 0 Å². The molecule has 5 nitrogen and oxygen atoms in total. The molecule has 0 unspecified atom stereocenters. The number of amides is 1. The molecule has 126 valence electrons. The van der Waals surface area contributed by atoms with E-state index in [9.17, 15) is 4.79 Å². The average molecular weight is 335 g/mol. The van der Waals surface area contributed by atoms with Crippen molar-refractivity contribution in [2.24, 2.45) is 0 Å². The van der Waals surface area contributed by atoms with E-state index in [4.69, 9.17) is 17.0 Å². The second-order valence-electron chi connectivity index (χ2n) is 5.83. The maximum atomic E-state index is 12.2. The molecule has 0 aromatic heterocycles. The molecule has 1 heterocycles. The zero-order valence-corrected chi connectivity index (χ0v) is 14.6. The highest BCUT2D eigenvalue weighted by atomic mass is 32.1. The van der Waals surface area contributed by atoms with Gasteiger partial charge in [-0.3, -0.25) is 4.79 Å². The van der Waals surface area contributed by atoms with Crippen molar-refractivity contribution in [3.8, 4) is 0 Å². The fourth-order valence-corrected chi connectivity index (χ4v) is 2.86. The largest absolute Gasteiger partial charge is 0.383 e. The van der Waals surface area contributed by atoms with Crippen molar-refractivity contribution in [3.63, 3.8) is 0 Å². The topological polar surface area (TPSA) is 53.6 Å². The molecule has 1 aliphatic heterocycles. The van der Waals surface area contributed by atoms with Crippen molar-refractivity contribution in [2.45, 2.75) is 25.8 Å². The number of nitrogens with one attached hydrogen (secondary N) is 2. The number of thiocarbonyl (C=S) groups is 1. The fourth-order valence-electron chi connectivity index (χ4n) is 2.57. The third kappa shape index (κ3) is 5.48. The molecule has 6 heteroatoms. The molecule has 2 rings (SSSR count). The summed E-state index contributed by atoms with van der Waals surface area (Å²) in [6.45, 7) is 5.10. The predicted molar refractivity (Wildman–Crippen MR) is 95.7 cm³/mol. The first kappa shape index (κ1) is 17.7. The Balaban J connectivity index is 1.75. The lowest BCUT2D eigenvalue weighted by atomic mass is 10.0. The van der Waals surface area contributed by atoms with Crippen LogP contribution in [0.1, 0.15) is 28.8 Å². The number of methoxy groups -OCH3 is 1. The van der Waals surface area contributed by atoms with Gasteiger partial charge in [0.25, 0.3) is 5.91 Å². The van der Waals surface area contributed by atoms with Crippen LogP contribution in [0.4, 0.5) is 0 Å². The number of hydrogen-bond donors (Lipinski definition) is 2. The third-order valence-corrected chi connectivity index (χ3v) is 4.42. The van der Waals surface area contributed by atoms with Gasteiger partial charge in [-0.1, -0.05) is 17.7 Å². The molecule has 1 aromatic rings. The van der Waals surface area contributed by atoms with Crippen LogP contribution in [0, 0.1) is 6.92 Å². The summed E-state index contributed by atoms with van der Waals surface area (Å²) in [5.41, 5.74) is 1.87. The van der Waals surface area contributed by atoms with Crippen LogP contribution in [0.3, 0.4) is 0 Å². The summed E-state index contributed by atoms with van der Waals surface area (Å²) in [6, 6.07) is 7.87. The standard InChI is InChI=1S/C17H25N3O2S/c1-13-3-5-14(6-4-13)16(21)19-15-7-10-20(11-8-15)17(23)18-9-12-22-2/h3-6,15H,7-12H2,1-2H3,(H,18,23)(H,19,21). The molecular weight excluding hydrogens is 310 g/mol. The molecule has 23 heavy (non-hydrogen) atoms. The molecule has 0 saturated carbocycles. The van der Waals surface area contributed by atoms with Crippen molar-refractivity contribution in [3.05, 3.63) is 35.4 Å². The van der Waals surface area contributed by atoms with Crippen LogP contribution in [0.2, 0.25) is 0 Å². The first-order valence-corrected chi connectivity index (χ1v) is 8.40. The molecule has 2 N–H and O–H groups in total. The Morgan fingerprint density at radius 1 is 1.30 bits per heavy atom. The lowest BCUT2D eigenvalue weighted by Crippen LogP contribution is -2.49. The van der Waals surface area contributed by atoms with Crippen molar-refractivity contribution >= 4 is 23.2 Å². The normalized spacial score (nSPS) is 15.3. The molecule has 1 saturated heterocycles. The molecule has 0 atom stereocenters. The van der Waals surface area contributed by atoms with Gasteiger partial charge < -0.3 is 20.3 Å². The van der Waals surface area contributed by atoms with E-state index in [1.54, 1.807) is 7.11 Å². The number of benzene rings is 1. The monoisotopic (exact) mass is 335 g/mol. The average Bonchev–Trinajstić information content (AvgIpc) is 2.56. The summed E-state index contributed by atoms with van der Waals surface area (Å²) >= 11 is 5.37. The van der Waals surface area contributed by atoms with Gasteiger partial charge in [0.15, 0.2) is 5.11 Å². The zero-order valence-electron chi connectivity index (χ0n) is 13.8. The first-order valence-electron chi connectivity index (χ1n) is 7.99. The Hall–Kier alpha value is -1.66. The smallest absolute Gasteiger partial charge is 0.251 e. The number of hydrogen-bond acceptors (Lipinski definition) is 3. The molecule has 0 aliphatic carbocycles. The molecule has 0 bridgehead atoms. The van der Waals surface area contributed by atoms with Crippen LogP contribution in [-0.2, 0) is 4.74 Å². The number of carbonyl (C=O) groups excluding carboxylic acids is 1. The lowest BCUT2D eigenvalue weighted by molar-refractivity contribution is 0.0922. The van der Waals surface area contributed by atoms with Gasteiger partial charge in [0, 0.05) is 38.3 Å². The summed E-state index contributed by atoms with van der Waals surface area (Å²) in [6.07, 6.45) is 1.81. The molecule has 0 radical (unpaired) electrons. The van der Waals surface area contributed by atoms with Gasteiger partial charge in [-0.05, 0) is 44.1 Å². The first-order chi connectivity index (χ1) is 11.1. The quantitative estimate of drug-likeness (QED) is 0.634. The minimum atomic E-state index is 0.00393. The summed E-state index contributed by atoms with van der Waals surface area (Å²) in [4.78, 5) is 14.4. The van der Waals surface area contributed by atoms with E-state index in [0.717, 1.165) is 48.7 Å². The molecule has 1 amide bonds. The van der Waals surface area contributed by atoms with E-state index in [1.807, 2.05) is 31.2 Å². The molecule has 1 aliphatic rings. The van der Waals surface area contributed by atoms with Gasteiger partial charge in [-0.25, -0.2) is 0 Å². The van der Waals surface area contributed by atoms with Gasteiger partial charge in [-0.2, -0.15) is 0 Å². The number of rotatable bonds is 5. The number of aryl methyl sites for hydroxylation is 1. The number of ether oxygens (including phenoxy) is 1. The number of likely N-dealkylation sites (tertiary alicyclic amines) is 1. The summed E-state index contributed by atoms with van der Waals surface area (Å²) < 4.78 is 5.00. The maximum Gasteiger partial charge on any atom is 0.251 e. The fraction of sp³-hybridized carbons (Fsp3) is 0.529. The molecule has 0 spiro atoms. The highest BCUT2D eigenvalue weighted by Crippen LogP contribution is 2.12.